The average molecular weight is 163 g/mol. The van der Waals surface area contributed by atoms with E-state index in [0.717, 1.165) is 4.88 Å². The summed E-state index contributed by atoms with van der Waals surface area (Å²) in [5.41, 5.74) is 0. The fourth-order valence-corrected chi connectivity index (χ4v) is 1.35. The van der Waals surface area contributed by atoms with Crippen LogP contribution in [-0.4, -0.2) is 6.29 Å². The van der Waals surface area contributed by atoms with E-state index in [4.69, 9.17) is 5.26 Å². The maximum atomic E-state index is 9.91. The van der Waals surface area contributed by atoms with Crippen molar-refractivity contribution in [3.63, 3.8) is 0 Å². The Morgan fingerprint density at radius 3 is 2.91 bits per heavy atom. The lowest BCUT2D eigenvalue weighted by Crippen LogP contribution is -1.58. The summed E-state index contributed by atoms with van der Waals surface area (Å²) >= 11 is 1.37. The number of carbonyl (C=O) groups is 1. The third-order valence-electron chi connectivity index (χ3n) is 1.08. The van der Waals surface area contributed by atoms with Crippen LogP contribution in [0.5, 0.6) is 0 Å². The second-order valence-corrected chi connectivity index (χ2v) is 2.92. The van der Waals surface area contributed by atoms with Gasteiger partial charge >= 0.3 is 0 Å². The van der Waals surface area contributed by atoms with Gasteiger partial charge in [-0.1, -0.05) is 0 Å². The summed E-state index contributed by atoms with van der Waals surface area (Å²) in [6.45, 7) is 0. The topological polar surface area (TPSA) is 40.9 Å². The average Bonchev–Trinajstić information content (AvgIpc) is 2.48. The van der Waals surface area contributed by atoms with Crippen LogP contribution >= 0.6 is 11.3 Å². The molecule has 3 heteroatoms. The van der Waals surface area contributed by atoms with Crippen molar-refractivity contribution in [3.05, 3.63) is 28.0 Å². The predicted octanol–water partition coefficient (Wildman–Crippen LogP) is 1.83. The van der Waals surface area contributed by atoms with Gasteiger partial charge in [-0.05, 0) is 24.3 Å². The Morgan fingerprint density at radius 1 is 1.55 bits per heavy atom. The molecule has 2 nitrogen and oxygen atoms in total. The van der Waals surface area contributed by atoms with E-state index >= 15 is 0 Å². The quantitative estimate of drug-likeness (QED) is 0.493. The molecular formula is C8H5NOS. The number of aldehydes is 1. The van der Waals surface area contributed by atoms with E-state index in [2.05, 4.69) is 0 Å². The third-order valence-corrected chi connectivity index (χ3v) is 2.03. The number of rotatable bonds is 2. The van der Waals surface area contributed by atoms with Gasteiger partial charge in [-0.2, -0.15) is 5.26 Å². The Hall–Kier alpha value is -1.40. The van der Waals surface area contributed by atoms with E-state index in [0.29, 0.717) is 11.2 Å². The fraction of sp³-hybridized carbons (Fsp3) is 0. The molecule has 0 N–H and O–H groups in total. The van der Waals surface area contributed by atoms with E-state index in [-0.39, 0.29) is 0 Å². The minimum absolute atomic E-state index is 0.663. The first-order chi connectivity index (χ1) is 5.36. The molecule has 0 unspecified atom stereocenters. The molecule has 1 rings (SSSR count). The van der Waals surface area contributed by atoms with Crippen molar-refractivity contribution in [2.75, 3.05) is 0 Å². The summed E-state index contributed by atoms with van der Waals surface area (Å²) < 4.78 is 0. The van der Waals surface area contributed by atoms with Gasteiger partial charge < -0.3 is 0 Å². The zero-order valence-corrected chi connectivity index (χ0v) is 6.47. The smallest absolute Gasteiger partial charge is 0.142 e. The van der Waals surface area contributed by atoms with E-state index in [1.807, 2.05) is 12.1 Å². The molecule has 0 radical (unpaired) electrons. The second kappa shape index (κ2) is 3.69. The maximum absolute atomic E-state index is 9.91. The van der Waals surface area contributed by atoms with Crippen LogP contribution in [0, 0.1) is 11.3 Å². The van der Waals surface area contributed by atoms with Crippen molar-refractivity contribution in [3.8, 4) is 6.07 Å². The van der Waals surface area contributed by atoms with Crippen LogP contribution in [0.15, 0.2) is 18.2 Å². The number of hydrogen-bond donors (Lipinski definition) is 0. The van der Waals surface area contributed by atoms with Gasteiger partial charge in [0.25, 0.3) is 0 Å². The normalized spacial score (nSPS) is 9.73. The molecule has 54 valence electrons. The standard InChI is InChI=1S/C8H5NOS/c9-6-8-4-3-7(11-8)2-1-5-10/h1-5H. The molecule has 1 heterocycles. The number of nitriles is 1. The lowest BCUT2D eigenvalue weighted by molar-refractivity contribution is -0.104. The molecule has 1 aromatic rings. The van der Waals surface area contributed by atoms with Crippen molar-refractivity contribution in [2.24, 2.45) is 0 Å². The van der Waals surface area contributed by atoms with Gasteiger partial charge in [0.15, 0.2) is 0 Å². The van der Waals surface area contributed by atoms with Gasteiger partial charge in [0.1, 0.15) is 17.2 Å². The van der Waals surface area contributed by atoms with Gasteiger partial charge in [-0.15, -0.1) is 11.3 Å². The monoisotopic (exact) mass is 163 g/mol. The predicted molar refractivity (Wildman–Crippen MR) is 44.1 cm³/mol. The first-order valence-corrected chi connectivity index (χ1v) is 3.80. The van der Waals surface area contributed by atoms with Crippen LogP contribution < -0.4 is 0 Å². The lowest BCUT2D eigenvalue weighted by Gasteiger charge is -1.76. The molecule has 0 aromatic carbocycles. The SMILES string of the molecule is N#Cc1ccc(C=CC=O)s1. The van der Waals surface area contributed by atoms with Crippen LogP contribution in [-0.2, 0) is 4.79 Å². The highest BCUT2D eigenvalue weighted by molar-refractivity contribution is 7.13. The van der Waals surface area contributed by atoms with Crippen molar-refractivity contribution >= 4 is 23.7 Å². The second-order valence-electron chi connectivity index (χ2n) is 1.81. The molecule has 11 heavy (non-hydrogen) atoms. The molecule has 0 bridgehead atoms. The third kappa shape index (κ3) is 2.03. The summed E-state index contributed by atoms with van der Waals surface area (Å²) in [7, 11) is 0. The van der Waals surface area contributed by atoms with E-state index in [9.17, 15) is 4.79 Å². The van der Waals surface area contributed by atoms with Crippen molar-refractivity contribution in [1.82, 2.24) is 0 Å². The van der Waals surface area contributed by atoms with Gasteiger partial charge in [-0.3, -0.25) is 4.79 Å². The molecule has 0 aliphatic heterocycles. The number of nitrogens with zero attached hydrogens (tertiary/aromatic N) is 1. The summed E-state index contributed by atoms with van der Waals surface area (Å²) in [4.78, 5) is 11.5. The van der Waals surface area contributed by atoms with E-state index in [1.165, 1.54) is 17.4 Å². The van der Waals surface area contributed by atoms with Crippen molar-refractivity contribution < 1.29 is 4.79 Å². The van der Waals surface area contributed by atoms with E-state index < -0.39 is 0 Å². The maximum Gasteiger partial charge on any atom is 0.142 e. The van der Waals surface area contributed by atoms with Crippen LogP contribution in [0.3, 0.4) is 0 Å². The largest absolute Gasteiger partial charge is 0.299 e. The molecule has 0 fully saturated rings. The summed E-state index contributed by atoms with van der Waals surface area (Å²) in [5.74, 6) is 0. The first kappa shape index (κ1) is 7.70. The van der Waals surface area contributed by atoms with Crippen molar-refractivity contribution in [1.29, 1.82) is 5.26 Å². The van der Waals surface area contributed by atoms with Crippen LogP contribution in [0.2, 0.25) is 0 Å². The number of carbonyl (C=O) groups excluding carboxylic acids is 1. The van der Waals surface area contributed by atoms with Crippen LogP contribution in [0.25, 0.3) is 6.08 Å². The Bertz CT molecular complexity index is 319. The molecule has 0 aliphatic carbocycles. The summed E-state index contributed by atoms with van der Waals surface area (Å²) in [6, 6.07) is 5.56. The highest BCUT2D eigenvalue weighted by Gasteiger charge is 1.93. The zero-order valence-electron chi connectivity index (χ0n) is 5.65. The molecule has 0 saturated heterocycles. The Kier molecular flexibility index (Phi) is 2.59. The summed E-state index contributed by atoms with van der Waals surface area (Å²) in [6.07, 6.45) is 3.80. The zero-order chi connectivity index (χ0) is 8.10. The summed E-state index contributed by atoms with van der Waals surface area (Å²) in [5, 5.41) is 8.44. The van der Waals surface area contributed by atoms with Crippen LogP contribution in [0.1, 0.15) is 9.75 Å². The van der Waals surface area contributed by atoms with Gasteiger partial charge in [-0.25, -0.2) is 0 Å². The Labute approximate surface area is 68.4 Å². The molecule has 0 saturated carbocycles. The number of thiophene rings is 1. The first-order valence-electron chi connectivity index (χ1n) is 2.98. The fourth-order valence-electron chi connectivity index (χ4n) is 0.637. The lowest BCUT2D eigenvalue weighted by atomic mass is 10.4. The highest BCUT2D eigenvalue weighted by atomic mass is 32.1. The minimum Gasteiger partial charge on any atom is -0.299 e. The number of hydrogen-bond acceptors (Lipinski definition) is 3. The Morgan fingerprint density at radius 2 is 2.36 bits per heavy atom. The number of allylic oxidation sites excluding steroid dienone is 1. The van der Waals surface area contributed by atoms with E-state index in [1.54, 1.807) is 12.1 Å². The van der Waals surface area contributed by atoms with Gasteiger partial charge in [0.05, 0.1) is 0 Å². The molecular weight excluding hydrogens is 158 g/mol. The van der Waals surface area contributed by atoms with Crippen molar-refractivity contribution in [2.45, 2.75) is 0 Å². The van der Waals surface area contributed by atoms with Gasteiger partial charge in [0, 0.05) is 4.88 Å². The Balaban J connectivity index is 2.82. The highest BCUT2D eigenvalue weighted by Crippen LogP contribution is 2.16. The molecule has 0 aliphatic rings. The molecule has 0 spiro atoms. The molecule has 0 atom stereocenters. The van der Waals surface area contributed by atoms with Crippen LogP contribution in [0.4, 0.5) is 0 Å². The van der Waals surface area contributed by atoms with Gasteiger partial charge in [0.2, 0.25) is 0 Å². The minimum atomic E-state index is 0.663. The molecule has 0 amide bonds. The molecule has 1 aromatic heterocycles.